The fourth-order valence-electron chi connectivity index (χ4n) is 1.60. The van der Waals surface area contributed by atoms with Crippen molar-refractivity contribution in [1.82, 2.24) is 4.90 Å². The number of likely N-dealkylation sites (tertiary alicyclic amines) is 1. The van der Waals surface area contributed by atoms with Gasteiger partial charge in [0.2, 0.25) is 0 Å². The molecule has 0 amide bonds. The third-order valence-corrected chi connectivity index (χ3v) is 6.08. The van der Waals surface area contributed by atoms with E-state index in [2.05, 4.69) is 18.8 Å². The van der Waals surface area contributed by atoms with Crippen LogP contribution >= 0.6 is 15.2 Å². The molecule has 1 heterocycles. The summed E-state index contributed by atoms with van der Waals surface area (Å²) in [5.74, 6) is 0. The molecule has 0 aromatic carbocycles. The molecule has 4 N–H and O–H groups in total. The Morgan fingerprint density at radius 2 is 1.32 bits per heavy atom. The molecule has 10 heteroatoms. The second-order valence-electron chi connectivity index (χ2n) is 4.89. The summed E-state index contributed by atoms with van der Waals surface area (Å²) in [6, 6.07) is 0. The molecule has 1 fully saturated rings. The molecule has 0 radical (unpaired) electrons. The first-order valence-electron chi connectivity index (χ1n) is 5.76. The van der Waals surface area contributed by atoms with Crippen LogP contribution in [0.3, 0.4) is 0 Å². The van der Waals surface area contributed by atoms with Gasteiger partial charge in [0, 0.05) is 6.54 Å². The largest absolute Gasteiger partial charge is 0.342 e. The van der Waals surface area contributed by atoms with E-state index in [0.29, 0.717) is 24.0 Å². The van der Waals surface area contributed by atoms with Crippen LogP contribution in [0, 0.1) is 0 Å². The summed E-state index contributed by atoms with van der Waals surface area (Å²) in [6.07, 6.45) is 8.38. The maximum atomic E-state index is 10.9. The predicted molar refractivity (Wildman–Crippen MR) is 78.7 cm³/mol. The lowest BCUT2D eigenvalue weighted by molar-refractivity contribution is 0.295. The van der Waals surface area contributed by atoms with Crippen molar-refractivity contribution in [2.75, 3.05) is 38.4 Å². The Bertz CT molecular complexity index is 324. The van der Waals surface area contributed by atoms with Gasteiger partial charge in [-0.25, -0.2) is 0 Å². The van der Waals surface area contributed by atoms with Gasteiger partial charge in [-0.2, -0.15) is 0 Å². The average Bonchev–Trinajstić information content (AvgIpc) is 2.61. The Morgan fingerprint density at radius 3 is 1.58 bits per heavy atom. The Kier molecular flexibility index (Phi) is 8.41. The summed E-state index contributed by atoms with van der Waals surface area (Å²) in [6.45, 7) is 1.03. The van der Waals surface area contributed by atoms with E-state index in [1.54, 1.807) is 4.90 Å². The Labute approximate surface area is 117 Å². The lowest BCUT2D eigenvalue weighted by Crippen LogP contribution is -2.30. The molecule has 1 saturated heterocycles. The van der Waals surface area contributed by atoms with Crippen LogP contribution in [0.25, 0.3) is 0 Å². The van der Waals surface area contributed by atoms with Crippen molar-refractivity contribution in [3.8, 4) is 0 Å². The quantitative estimate of drug-likeness (QED) is 0.429. The van der Waals surface area contributed by atoms with Crippen LogP contribution in [-0.4, -0.2) is 68.3 Å². The van der Waals surface area contributed by atoms with Gasteiger partial charge in [0.25, 0.3) is 0 Å². The van der Waals surface area contributed by atoms with E-state index in [4.69, 9.17) is 19.6 Å². The van der Waals surface area contributed by atoms with Crippen molar-refractivity contribution in [2.45, 2.75) is 18.2 Å². The first-order valence-corrected chi connectivity index (χ1v) is 11.6. The Hall–Kier alpha value is 0.610. The van der Waals surface area contributed by atoms with E-state index >= 15 is 0 Å². The minimum Gasteiger partial charge on any atom is -0.324 e. The fourth-order valence-corrected chi connectivity index (χ4v) is 4.06. The van der Waals surface area contributed by atoms with Gasteiger partial charge in [-0.1, -0.05) is 0 Å². The Balaban J connectivity index is 0.000000711. The van der Waals surface area contributed by atoms with Crippen LogP contribution in [-0.2, 0) is 20.0 Å². The Morgan fingerprint density at radius 1 is 1.00 bits per heavy atom. The van der Waals surface area contributed by atoms with Crippen LogP contribution in [0.5, 0.6) is 0 Å². The minimum atomic E-state index is -4.75. The average molecular weight is 336 g/mol. The number of nitrogens with zero attached hydrogens (tertiary/aromatic N) is 1. The third kappa shape index (κ3) is 9.21. The first kappa shape index (κ1) is 19.6. The maximum Gasteiger partial charge on any atom is 0.342 e. The number of hydrogen-bond donors (Lipinski definition) is 4. The highest BCUT2D eigenvalue weighted by molar-refractivity contribution is 7.94. The molecule has 1 rings (SSSR count). The van der Waals surface area contributed by atoms with E-state index < -0.39 is 20.6 Å². The van der Waals surface area contributed by atoms with E-state index in [9.17, 15) is 9.13 Å². The van der Waals surface area contributed by atoms with Crippen molar-refractivity contribution < 1.29 is 28.7 Å². The molecule has 116 valence electrons. The number of rotatable bonds is 4. The molecule has 0 aliphatic carbocycles. The molecule has 0 aromatic rings. The van der Waals surface area contributed by atoms with Crippen LogP contribution in [0.2, 0.25) is 0 Å². The van der Waals surface area contributed by atoms with Gasteiger partial charge in [-0.05, 0) is 36.8 Å². The molecule has 0 spiro atoms. The topological polar surface area (TPSA) is 118 Å². The fraction of sp³-hybridized carbons (Fsp3) is 1.00. The summed E-state index contributed by atoms with van der Waals surface area (Å²) >= 11 is 0. The van der Waals surface area contributed by atoms with E-state index in [1.165, 1.54) is 0 Å². The monoisotopic (exact) mass is 336 g/mol. The van der Waals surface area contributed by atoms with Crippen molar-refractivity contribution >= 4 is 26.1 Å². The van der Waals surface area contributed by atoms with Crippen LogP contribution in [0.1, 0.15) is 12.8 Å². The molecular formula is C9H24NO6P2S+. The summed E-state index contributed by atoms with van der Waals surface area (Å²) in [5, 5.41) is -1.89. The zero-order valence-corrected chi connectivity index (χ0v) is 14.1. The molecule has 0 atom stereocenters. The predicted octanol–water partition coefficient (Wildman–Crippen LogP) is 0.258. The summed E-state index contributed by atoms with van der Waals surface area (Å²) in [7, 11) is -8.87. The normalized spacial score (nSPS) is 17.7. The molecule has 0 unspecified atom stereocenters. The smallest absolute Gasteiger partial charge is 0.324 e. The highest BCUT2D eigenvalue weighted by Gasteiger charge is 2.44. The summed E-state index contributed by atoms with van der Waals surface area (Å²) in [5.41, 5.74) is 0. The molecule has 1 aliphatic heterocycles. The van der Waals surface area contributed by atoms with Gasteiger partial charge in [-0.15, -0.1) is 0 Å². The van der Waals surface area contributed by atoms with Crippen LogP contribution < -0.4 is 0 Å². The van der Waals surface area contributed by atoms with Gasteiger partial charge in [0.15, 0.2) is 5.40 Å². The molecule has 19 heavy (non-hydrogen) atoms. The molecule has 7 nitrogen and oxygen atoms in total. The maximum absolute atomic E-state index is 10.9. The molecule has 0 saturated carbocycles. The standard InChI is InChI=1S/C6H15NO6P2.C3H9S/c8-14(9,10)6(15(11,12)13)5-7-3-1-2-4-7;1-4(2)3/h6H,1-5H2,(H2,8,9,10)(H2,11,12,13);1-3H3/q;+1. The summed E-state index contributed by atoms with van der Waals surface area (Å²) in [4.78, 5) is 37.1. The van der Waals surface area contributed by atoms with Crippen molar-refractivity contribution in [1.29, 1.82) is 0 Å². The SMILES string of the molecule is C[S+](C)C.O=P(O)(O)C(CN1CCCC1)P(=O)(O)O. The highest BCUT2D eigenvalue weighted by Crippen LogP contribution is 2.60. The minimum absolute atomic E-state index is 0.242. The molecule has 1 aliphatic rings. The second-order valence-corrected chi connectivity index (χ2v) is 11.4. The van der Waals surface area contributed by atoms with Crippen LogP contribution in [0.15, 0.2) is 0 Å². The van der Waals surface area contributed by atoms with Gasteiger partial charge >= 0.3 is 15.2 Å². The zero-order chi connectivity index (χ0) is 15.3. The van der Waals surface area contributed by atoms with Crippen molar-refractivity contribution in [3.05, 3.63) is 0 Å². The van der Waals surface area contributed by atoms with Crippen molar-refractivity contribution in [3.63, 3.8) is 0 Å². The molecule has 0 aromatic heterocycles. The van der Waals surface area contributed by atoms with E-state index in [1.807, 2.05) is 0 Å². The third-order valence-electron chi connectivity index (χ3n) is 2.40. The van der Waals surface area contributed by atoms with Gasteiger partial charge in [0.1, 0.15) is 0 Å². The van der Waals surface area contributed by atoms with Gasteiger partial charge in [-0.3, -0.25) is 9.13 Å². The first-order chi connectivity index (χ1) is 8.44. The lowest BCUT2D eigenvalue weighted by atomic mass is 10.4. The van der Waals surface area contributed by atoms with Crippen molar-refractivity contribution in [2.24, 2.45) is 0 Å². The lowest BCUT2D eigenvalue weighted by Gasteiger charge is -2.24. The van der Waals surface area contributed by atoms with Gasteiger partial charge < -0.3 is 24.5 Å². The zero-order valence-electron chi connectivity index (χ0n) is 11.5. The number of hydrogen-bond acceptors (Lipinski definition) is 3. The van der Waals surface area contributed by atoms with Gasteiger partial charge in [0.05, 0.1) is 18.8 Å². The van der Waals surface area contributed by atoms with Crippen LogP contribution in [0.4, 0.5) is 0 Å². The molecular weight excluding hydrogens is 312 g/mol. The highest BCUT2D eigenvalue weighted by atomic mass is 32.2. The molecule has 0 bridgehead atoms. The van der Waals surface area contributed by atoms with E-state index in [0.717, 1.165) is 12.8 Å². The summed E-state index contributed by atoms with van der Waals surface area (Å²) < 4.78 is 21.9. The van der Waals surface area contributed by atoms with E-state index in [-0.39, 0.29) is 6.54 Å². The second kappa shape index (κ2) is 8.15.